The lowest BCUT2D eigenvalue weighted by atomic mass is 10.0. The summed E-state index contributed by atoms with van der Waals surface area (Å²) in [6, 6.07) is 14.2. The number of aromatic nitrogens is 2. The number of carbonyl (C=O) groups is 1. The van der Waals surface area contributed by atoms with Crippen LogP contribution in [0.4, 0.5) is 26.1 Å². The Bertz CT molecular complexity index is 1870. The van der Waals surface area contributed by atoms with E-state index in [0.717, 1.165) is 0 Å². The van der Waals surface area contributed by atoms with Gasteiger partial charge in [-0.25, -0.2) is 18.7 Å². The maximum Gasteiger partial charge on any atom is 0.257 e. The summed E-state index contributed by atoms with van der Waals surface area (Å²) < 4.78 is 29.4. The van der Waals surface area contributed by atoms with E-state index in [-0.39, 0.29) is 29.5 Å². The first-order chi connectivity index (χ1) is 21.1. The van der Waals surface area contributed by atoms with Crippen LogP contribution >= 0.6 is 11.6 Å². The van der Waals surface area contributed by atoms with E-state index in [1.807, 2.05) is 18.7 Å². The minimum atomic E-state index is -0.693. The monoisotopic (exact) mass is 614 g/mol. The Hall–Kier alpha value is -4.87. The van der Waals surface area contributed by atoms with Gasteiger partial charge in [-0.1, -0.05) is 17.7 Å². The molecule has 2 unspecified atom stereocenters. The number of anilines is 3. The molecule has 1 amide bonds. The van der Waals surface area contributed by atoms with Gasteiger partial charge in [-0.3, -0.25) is 15.5 Å². The van der Waals surface area contributed by atoms with Crippen molar-refractivity contribution in [3.05, 3.63) is 99.1 Å². The third-order valence-corrected chi connectivity index (χ3v) is 7.62. The fourth-order valence-corrected chi connectivity index (χ4v) is 5.68. The highest BCUT2D eigenvalue weighted by Gasteiger charge is 2.24. The molecule has 12 heteroatoms. The van der Waals surface area contributed by atoms with E-state index in [1.54, 1.807) is 48.8 Å². The second kappa shape index (κ2) is 12.0. The number of fused-ring (bicyclic) bond motifs is 2. The summed E-state index contributed by atoms with van der Waals surface area (Å²) in [4.78, 5) is 23.7. The van der Waals surface area contributed by atoms with Crippen LogP contribution in [0.5, 0.6) is 0 Å². The lowest BCUT2D eigenvalue weighted by molar-refractivity contribution is 0.0969. The molecule has 9 nitrogen and oxygen atoms in total. The predicted molar refractivity (Wildman–Crippen MR) is 168 cm³/mol. The molecule has 4 aromatic rings. The maximum atomic E-state index is 14.7. The molecule has 1 aromatic heterocycles. The van der Waals surface area contributed by atoms with E-state index in [1.165, 1.54) is 24.3 Å². The van der Waals surface area contributed by atoms with E-state index >= 15 is 0 Å². The first-order valence-corrected chi connectivity index (χ1v) is 14.4. The highest BCUT2D eigenvalue weighted by molar-refractivity contribution is 6.30. The number of amides is 1. The summed E-state index contributed by atoms with van der Waals surface area (Å²) >= 11 is 6.38. The number of halogens is 3. The van der Waals surface area contributed by atoms with Crippen molar-refractivity contribution in [3.63, 3.8) is 0 Å². The number of hydrogen-bond donors (Lipinski definition) is 5. The molecule has 3 heterocycles. The zero-order chi connectivity index (χ0) is 31.0. The highest BCUT2D eigenvalue weighted by Crippen LogP contribution is 2.26. The molecule has 6 rings (SSSR count). The van der Waals surface area contributed by atoms with Crippen molar-refractivity contribution in [2.45, 2.75) is 25.9 Å². The summed E-state index contributed by atoms with van der Waals surface area (Å²) in [6.45, 7) is 5.38. The molecule has 0 radical (unpaired) electrons. The predicted octanol–water partition coefficient (Wildman–Crippen LogP) is 4.16. The number of nitrogens with zero attached hydrogens (tertiary/aromatic N) is 3. The Labute approximate surface area is 257 Å². The van der Waals surface area contributed by atoms with Crippen molar-refractivity contribution < 1.29 is 13.6 Å². The van der Waals surface area contributed by atoms with Crippen LogP contribution in [0.15, 0.2) is 60.8 Å². The van der Waals surface area contributed by atoms with E-state index in [9.17, 15) is 13.6 Å². The number of piperazine rings is 1. The number of hydrogen-bond acceptors (Lipinski definition) is 7. The van der Waals surface area contributed by atoms with Crippen LogP contribution in [0.3, 0.4) is 0 Å². The summed E-state index contributed by atoms with van der Waals surface area (Å²) in [5, 5.41) is 22.2. The SMILES string of the molecule is CC1CN(C(=N)NC(=O)c2ccc(Nc3ncc4c(n3)C=c3cc(Cl)cc(-c5c(F)cccc5F)c3=CN4)cc2)CC(C)N1. The quantitative estimate of drug-likeness (QED) is 0.173. The second-order valence-electron chi connectivity index (χ2n) is 10.9. The van der Waals surface area contributed by atoms with Crippen LogP contribution in [-0.4, -0.2) is 51.9 Å². The van der Waals surface area contributed by atoms with Crippen molar-refractivity contribution in [1.82, 2.24) is 25.5 Å². The van der Waals surface area contributed by atoms with Crippen molar-refractivity contribution in [2.24, 2.45) is 0 Å². The molecule has 224 valence electrons. The highest BCUT2D eigenvalue weighted by atomic mass is 35.5. The van der Waals surface area contributed by atoms with Gasteiger partial charge in [-0.15, -0.1) is 0 Å². The van der Waals surface area contributed by atoms with Crippen LogP contribution in [0, 0.1) is 17.0 Å². The molecule has 2 aliphatic rings. The van der Waals surface area contributed by atoms with Gasteiger partial charge in [0.25, 0.3) is 5.91 Å². The summed E-state index contributed by atoms with van der Waals surface area (Å²) in [7, 11) is 0. The van der Waals surface area contributed by atoms with Gasteiger partial charge < -0.3 is 20.9 Å². The van der Waals surface area contributed by atoms with Crippen LogP contribution in [0.1, 0.15) is 29.9 Å². The van der Waals surface area contributed by atoms with Gasteiger partial charge in [-0.05, 0) is 79.2 Å². The van der Waals surface area contributed by atoms with Crippen LogP contribution in [0.2, 0.25) is 5.02 Å². The first kappa shape index (κ1) is 29.2. The number of rotatable bonds is 4. The normalized spacial score (nSPS) is 17.2. The largest absolute Gasteiger partial charge is 0.358 e. The third kappa shape index (κ3) is 6.10. The van der Waals surface area contributed by atoms with Gasteiger partial charge in [0, 0.05) is 52.9 Å². The molecule has 2 aliphatic heterocycles. The van der Waals surface area contributed by atoms with Gasteiger partial charge >= 0.3 is 0 Å². The van der Waals surface area contributed by atoms with Gasteiger partial charge in [-0.2, -0.15) is 0 Å². The zero-order valence-electron chi connectivity index (χ0n) is 23.9. The van der Waals surface area contributed by atoms with Crippen LogP contribution in [0.25, 0.3) is 23.4 Å². The summed E-state index contributed by atoms with van der Waals surface area (Å²) in [5.41, 5.74) is 2.32. The van der Waals surface area contributed by atoms with Gasteiger partial charge in [0.05, 0.1) is 23.1 Å². The third-order valence-electron chi connectivity index (χ3n) is 7.40. The molecular formula is C32H29ClF2N8O. The maximum absolute atomic E-state index is 14.7. The van der Waals surface area contributed by atoms with E-state index in [4.69, 9.17) is 17.0 Å². The van der Waals surface area contributed by atoms with Gasteiger partial charge in [0.15, 0.2) is 5.96 Å². The van der Waals surface area contributed by atoms with E-state index in [0.29, 0.717) is 62.7 Å². The van der Waals surface area contributed by atoms with Crippen LogP contribution < -0.4 is 31.7 Å². The molecule has 1 saturated heterocycles. The molecular weight excluding hydrogens is 586 g/mol. The molecule has 0 aliphatic carbocycles. The Balaban J connectivity index is 1.21. The summed E-state index contributed by atoms with van der Waals surface area (Å²) in [6.07, 6.45) is 5.02. The molecule has 44 heavy (non-hydrogen) atoms. The van der Waals surface area contributed by atoms with Crippen molar-refractivity contribution in [3.8, 4) is 11.1 Å². The van der Waals surface area contributed by atoms with Crippen molar-refractivity contribution >= 4 is 53.1 Å². The molecule has 0 bridgehead atoms. The second-order valence-corrected chi connectivity index (χ2v) is 11.3. The summed E-state index contributed by atoms with van der Waals surface area (Å²) in [5.74, 6) is -1.38. The zero-order valence-corrected chi connectivity index (χ0v) is 24.6. The molecule has 0 saturated carbocycles. The minimum absolute atomic E-state index is 0.0758. The van der Waals surface area contributed by atoms with Gasteiger partial charge in [0.1, 0.15) is 11.6 Å². The Morgan fingerprint density at radius 3 is 2.48 bits per heavy atom. The lowest BCUT2D eigenvalue weighted by Gasteiger charge is -2.37. The smallest absolute Gasteiger partial charge is 0.257 e. The van der Waals surface area contributed by atoms with Crippen LogP contribution in [-0.2, 0) is 0 Å². The average Bonchev–Trinajstić information content (AvgIpc) is 3.15. The minimum Gasteiger partial charge on any atom is -0.358 e. The molecule has 5 N–H and O–H groups in total. The molecule has 3 aromatic carbocycles. The number of benzene rings is 3. The lowest BCUT2D eigenvalue weighted by Crippen LogP contribution is -2.58. The number of carbonyl (C=O) groups excluding carboxylic acids is 1. The number of nitrogens with one attached hydrogen (secondary N) is 5. The number of guanidine groups is 1. The topological polar surface area (TPSA) is 118 Å². The average molecular weight is 615 g/mol. The molecule has 2 atom stereocenters. The van der Waals surface area contributed by atoms with E-state index in [2.05, 4.69) is 31.2 Å². The molecule has 1 fully saturated rings. The first-order valence-electron chi connectivity index (χ1n) is 14.0. The van der Waals surface area contributed by atoms with E-state index < -0.39 is 11.6 Å². The Kier molecular flexibility index (Phi) is 7.98. The fourth-order valence-electron chi connectivity index (χ4n) is 5.46. The Morgan fingerprint density at radius 1 is 1.07 bits per heavy atom. The Morgan fingerprint density at radius 2 is 1.77 bits per heavy atom. The van der Waals surface area contributed by atoms with Crippen molar-refractivity contribution in [1.29, 1.82) is 5.41 Å². The molecule has 0 spiro atoms. The standard InChI is InChI=1S/C32H29ClF2N8O/c1-17-15-43(16-18(2)39-17)31(36)42-30(44)19-6-8-22(9-7-19)40-32-38-14-28-27(41-32)11-20-10-21(33)12-23(24(20)13-37-28)29-25(34)4-3-5-26(29)35/h3-14,17-18,37,39H,15-16H2,1-2H3,(H2,36,42,44)(H,38,40,41). The van der Waals surface area contributed by atoms with Gasteiger partial charge in [0.2, 0.25) is 5.95 Å². The van der Waals surface area contributed by atoms with Crippen molar-refractivity contribution in [2.75, 3.05) is 23.7 Å². The fraction of sp³-hybridized carbons (Fsp3) is 0.188.